The fourth-order valence-corrected chi connectivity index (χ4v) is 2.09. The summed E-state index contributed by atoms with van der Waals surface area (Å²) >= 11 is 5.94. The summed E-state index contributed by atoms with van der Waals surface area (Å²) in [6.45, 7) is 1.69. The Balaban J connectivity index is 1.82. The Kier molecular flexibility index (Phi) is 4.49. The van der Waals surface area contributed by atoms with Crippen LogP contribution >= 0.6 is 11.6 Å². The van der Waals surface area contributed by atoms with Gasteiger partial charge in [-0.1, -0.05) is 18.5 Å². The van der Waals surface area contributed by atoms with E-state index >= 15 is 0 Å². The lowest BCUT2D eigenvalue weighted by Crippen LogP contribution is -2.21. The van der Waals surface area contributed by atoms with Crippen LogP contribution in [0.2, 0.25) is 5.02 Å². The molecule has 1 saturated carbocycles. The predicted octanol–water partition coefficient (Wildman–Crippen LogP) is 2.49. The molecular formula is C14H16ClNO4. The number of rotatable bonds is 5. The molecule has 1 aliphatic rings. The van der Waals surface area contributed by atoms with Crippen molar-refractivity contribution in [1.29, 1.82) is 0 Å². The van der Waals surface area contributed by atoms with Crippen molar-refractivity contribution in [2.24, 2.45) is 11.8 Å². The molecule has 2 atom stereocenters. The number of halogens is 1. The van der Waals surface area contributed by atoms with E-state index in [1.807, 2.05) is 6.92 Å². The first-order chi connectivity index (χ1) is 9.51. The maximum atomic E-state index is 11.6. The van der Waals surface area contributed by atoms with Gasteiger partial charge in [0.25, 0.3) is 5.91 Å². The lowest BCUT2D eigenvalue weighted by atomic mass is 10.3. The summed E-state index contributed by atoms with van der Waals surface area (Å²) in [6.07, 6.45) is 0.842. The lowest BCUT2D eigenvalue weighted by molar-refractivity contribution is -0.148. The number of ether oxygens (including phenoxy) is 2. The van der Waals surface area contributed by atoms with Gasteiger partial charge in [0.15, 0.2) is 6.61 Å². The van der Waals surface area contributed by atoms with Gasteiger partial charge in [-0.3, -0.25) is 9.59 Å². The molecule has 0 aliphatic heterocycles. The molecule has 108 valence electrons. The van der Waals surface area contributed by atoms with Crippen molar-refractivity contribution in [1.82, 2.24) is 0 Å². The minimum Gasteiger partial charge on any atom is -0.495 e. The quantitative estimate of drug-likeness (QED) is 0.848. The number of nitrogens with one attached hydrogen (secondary N) is 1. The third-order valence-corrected chi connectivity index (χ3v) is 3.49. The average Bonchev–Trinajstić information content (AvgIpc) is 3.13. The third kappa shape index (κ3) is 3.63. The molecule has 1 amide bonds. The molecule has 20 heavy (non-hydrogen) atoms. The second-order valence-corrected chi connectivity index (χ2v) is 5.23. The monoisotopic (exact) mass is 297 g/mol. The molecule has 1 aliphatic carbocycles. The van der Waals surface area contributed by atoms with E-state index in [1.165, 1.54) is 7.11 Å². The van der Waals surface area contributed by atoms with Gasteiger partial charge in [0.1, 0.15) is 5.75 Å². The highest BCUT2D eigenvalue weighted by atomic mass is 35.5. The molecule has 1 fully saturated rings. The molecule has 6 heteroatoms. The molecule has 5 nitrogen and oxygen atoms in total. The Bertz CT molecular complexity index is 532. The molecule has 2 unspecified atom stereocenters. The van der Waals surface area contributed by atoms with Crippen molar-refractivity contribution in [3.05, 3.63) is 23.2 Å². The maximum absolute atomic E-state index is 11.6. The van der Waals surface area contributed by atoms with Crippen LogP contribution in [0.15, 0.2) is 18.2 Å². The number of anilines is 1. The summed E-state index contributed by atoms with van der Waals surface area (Å²) in [6, 6.07) is 4.88. The van der Waals surface area contributed by atoms with E-state index in [-0.39, 0.29) is 18.5 Å². The molecule has 0 radical (unpaired) electrons. The molecule has 2 rings (SSSR count). The predicted molar refractivity (Wildman–Crippen MR) is 74.9 cm³/mol. The van der Waals surface area contributed by atoms with Gasteiger partial charge in [0.05, 0.1) is 18.1 Å². The largest absolute Gasteiger partial charge is 0.495 e. The number of benzene rings is 1. The number of methoxy groups -OCH3 is 1. The minimum absolute atomic E-state index is 0.0433. The van der Waals surface area contributed by atoms with Crippen molar-refractivity contribution < 1.29 is 19.1 Å². The Morgan fingerprint density at radius 1 is 1.45 bits per heavy atom. The Hall–Kier alpha value is -1.75. The summed E-state index contributed by atoms with van der Waals surface area (Å²) in [4.78, 5) is 23.1. The van der Waals surface area contributed by atoms with Gasteiger partial charge in [-0.25, -0.2) is 0 Å². The SMILES string of the molecule is COc1ccc(NC(=O)COC(=O)C2CC2C)cc1Cl. The van der Waals surface area contributed by atoms with Crippen LogP contribution in [0.3, 0.4) is 0 Å². The fraction of sp³-hybridized carbons (Fsp3) is 0.429. The maximum Gasteiger partial charge on any atom is 0.309 e. The number of hydrogen-bond donors (Lipinski definition) is 1. The first-order valence-corrected chi connectivity index (χ1v) is 6.69. The van der Waals surface area contributed by atoms with E-state index in [1.54, 1.807) is 18.2 Å². The first-order valence-electron chi connectivity index (χ1n) is 6.31. The minimum atomic E-state index is -0.395. The van der Waals surface area contributed by atoms with Gasteiger partial charge in [-0.05, 0) is 30.5 Å². The molecule has 0 saturated heterocycles. The first kappa shape index (κ1) is 14.7. The second kappa shape index (κ2) is 6.13. The number of hydrogen-bond acceptors (Lipinski definition) is 4. The summed E-state index contributed by atoms with van der Waals surface area (Å²) in [7, 11) is 1.51. The summed E-state index contributed by atoms with van der Waals surface area (Å²) in [5.74, 6) is 0.149. The normalized spacial score (nSPS) is 20.1. The molecule has 0 aromatic heterocycles. The molecule has 0 spiro atoms. The number of amides is 1. The van der Waals surface area contributed by atoms with Crippen molar-refractivity contribution in [3.8, 4) is 5.75 Å². The smallest absolute Gasteiger partial charge is 0.309 e. The third-order valence-electron chi connectivity index (χ3n) is 3.19. The van der Waals surface area contributed by atoms with Gasteiger partial charge in [0.2, 0.25) is 0 Å². The van der Waals surface area contributed by atoms with E-state index in [9.17, 15) is 9.59 Å². The highest BCUT2D eigenvalue weighted by Crippen LogP contribution is 2.38. The molecule has 0 heterocycles. The van der Waals surface area contributed by atoms with Gasteiger partial charge >= 0.3 is 5.97 Å². The van der Waals surface area contributed by atoms with Crippen LogP contribution in [0.1, 0.15) is 13.3 Å². The van der Waals surface area contributed by atoms with Crippen LogP contribution in [0, 0.1) is 11.8 Å². The van der Waals surface area contributed by atoms with Crippen LogP contribution in [0.5, 0.6) is 5.75 Å². The van der Waals surface area contributed by atoms with Crippen molar-refractivity contribution in [2.45, 2.75) is 13.3 Å². The van der Waals surface area contributed by atoms with Gasteiger partial charge in [-0.2, -0.15) is 0 Å². The van der Waals surface area contributed by atoms with Crippen LogP contribution in [0.4, 0.5) is 5.69 Å². The van der Waals surface area contributed by atoms with Crippen LogP contribution in [-0.4, -0.2) is 25.6 Å². The molecule has 0 bridgehead atoms. The zero-order chi connectivity index (χ0) is 14.7. The van der Waals surface area contributed by atoms with Crippen molar-refractivity contribution in [2.75, 3.05) is 19.0 Å². The van der Waals surface area contributed by atoms with Crippen molar-refractivity contribution >= 4 is 29.2 Å². The van der Waals surface area contributed by atoms with E-state index in [0.29, 0.717) is 22.4 Å². The highest BCUT2D eigenvalue weighted by molar-refractivity contribution is 6.32. The van der Waals surface area contributed by atoms with E-state index in [4.69, 9.17) is 21.1 Å². The molecule has 1 N–H and O–H groups in total. The van der Waals surface area contributed by atoms with E-state index in [0.717, 1.165) is 6.42 Å². The van der Waals surface area contributed by atoms with Crippen molar-refractivity contribution in [3.63, 3.8) is 0 Å². The fourth-order valence-electron chi connectivity index (χ4n) is 1.84. The Morgan fingerprint density at radius 3 is 2.70 bits per heavy atom. The second-order valence-electron chi connectivity index (χ2n) is 4.82. The summed E-state index contributed by atoms with van der Waals surface area (Å²) in [5.41, 5.74) is 0.525. The van der Waals surface area contributed by atoms with Crippen LogP contribution < -0.4 is 10.1 Å². The Morgan fingerprint density at radius 2 is 2.15 bits per heavy atom. The van der Waals surface area contributed by atoms with E-state index < -0.39 is 5.91 Å². The topological polar surface area (TPSA) is 64.6 Å². The van der Waals surface area contributed by atoms with Gasteiger partial charge < -0.3 is 14.8 Å². The zero-order valence-corrected chi connectivity index (χ0v) is 12.1. The number of esters is 1. The molecule has 1 aromatic rings. The number of carbonyl (C=O) groups is 2. The lowest BCUT2D eigenvalue weighted by Gasteiger charge is -2.08. The Labute approximate surface area is 122 Å². The van der Waals surface area contributed by atoms with Crippen LogP contribution in [0.25, 0.3) is 0 Å². The summed E-state index contributed by atoms with van der Waals surface area (Å²) in [5, 5.41) is 3.00. The molecule has 1 aromatic carbocycles. The average molecular weight is 298 g/mol. The number of carbonyl (C=O) groups excluding carboxylic acids is 2. The highest BCUT2D eigenvalue weighted by Gasteiger charge is 2.40. The van der Waals surface area contributed by atoms with Gasteiger partial charge in [0, 0.05) is 5.69 Å². The zero-order valence-electron chi connectivity index (χ0n) is 11.3. The molecular weight excluding hydrogens is 282 g/mol. The standard InChI is InChI=1S/C14H16ClNO4/c1-8-5-10(8)14(18)20-7-13(17)16-9-3-4-12(19-2)11(15)6-9/h3-4,6,8,10H,5,7H2,1-2H3,(H,16,17). The van der Waals surface area contributed by atoms with Crippen LogP contribution in [-0.2, 0) is 14.3 Å². The van der Waals surface area contributed by atoms with E-state index in [2.05, 4.69) is 5.32 Å². The van der Waals surface area contributed by atoms with Gasteiger partial charge in [-0.15, -0.1) is 0 Å². The summed E-state index contributed by atoms with van der Waals surface area (Å²) < 4.78 is 9.95.